The molecule has 3 heterocycles. The van der Waals surface area contributed by atoms with Gasteiger partial charge in [-0.1, -0.05) is 0 Å². The molecule has 3 fully saturated rings. The first-order valence-electron chi connectivity index (χ1n) is 7.75. The third-order valence-electron chi connectivity index (χ3n) is 5.05. The second-order valence-electron chi connectivity index (χ2n) is 6.48. The van der Waals surface area contributed by atoms with Crippen LogP contribution >= 0.6 is 0 Å². The number of rotatable bonds is 2. The largest absolute Gasteiger partial charge is 0.370 e. The number of pyridine rings is 1. The molecule has 0 N–H and O–H groups in total. The van der Waals surface area contributed by atoms with E-state index in [4.69, 9.17) is 0 Å². The predicted octanol–water partition coefficient (Wildman–Crippen LogP) is 1.78. The summed E-state index contributed by atoms with van der Waals surface area (Å²) in [6.45, 7) is 4.14. The second-order valence-corrected chi connectivity index (χ2v) is 6.48. The molecular weight excluding hydrogens is 250 g/mol. The Bertz CT molecular complexity index is 500. The number of fused-ring (bicyclic) bond motifs is 1. The lowest BCUT2D eigenvalue weighted by molar-refractivity contribution is -0.131. The molecule has 106 valence electrons. The average Bonchev–Trinajstić information content (AvgIpc) is 3.25. The molecule has 4 heteroatoms. The minimum atomic E-state index is 0.365. The summed E-state index contributed by atoms with van der Waals surface area (Å²) in [6, 6.07) is 4.13. The van der Waals surface area contributed by atoms with E-state index in [0.717, 1.165) is 39.0 Å². The van der Waals surface area contributed by atoms with Crippen molar-refractivity contribution in [2.75, 3.05) is 31.1 Å². The Morgan fingerprint density at radius 1 is 1.15 bits per heavy atom. The topological polar surface area (TPSA) is 36.4 Å². The van der Waals surface area contributed by atoms with Gasteiger partial charge in [-0.3, -0.25) is 9.78 Å². The molecule has 2 atom stereocenters. The maximum atomic E-state index is 12.2. The summed E-state index contributed by atoms with van der Waals surface area (Å²) in [5.41, 5.74) is 1.22. The third-order valence-corrected chi connectivity index (χ3v) is 5.05. The van der Waals surface area contributed by atoms with Crippen LogP contribution in [0.4, 0.5) is 5.69 Å². The highest BCUT2D eigenvalue weighted by molar-refractivity contribution is 5.81. The Labute approximate surface area is 119 Å². The van der Waals surface area contributed by atoms with Gasteiger partial charge in [-0.25, -0.2) is 0 Å². The van der Waals surface area contributed by atoms with Crippen molar-refractivity contribution in [1.82, 2.24) is 9.88 Å². The number of carbonyl (C=O) groups excluding carboxylic acids is 1. The lowest BCUT2D eigenvalue weighted by Gasteiger charge is -2.35. The molecule has 1 aromatic rings. The molecule has 0 unspecified atom stereocenters. The second kappa shape index (κ2) is 4.76. The summed E-state index contributed by atoms with van der Waals surface area (Å²) in [5.74, 6) is 2.15. The standard InChI is InChI=1S/C16H21N3O/c20-16(12-3-4-12)19-9-13-5-7-18(10-14(13)11-19)15-2-1-6-17-8-15/h1-2,6,8,12-14H,3-5,7,9-11H2/t13-,14+/m1/s1. The van der Waals surface area contributed by atoms with Crippen molar-refractivity contribution in [3.8, 4) is 0 Å². The van der Waals surface area contributed by atoms with Gasteiger partial charge in [-0.2, -0.15) is 0 Å². The van der Waals surface area contributed by atoms with Gasteiger partial charge < -0.3 is 9.80 Å². The maximum absolute atomic E-state index is 12.2. The lowest BCUT2D eigenvalue weighted by Crippen LogP contribution is -2.40. The molecule has 3 aliphatic rings. The van der Waals surface area contributed by atoms with Crippen molar-refractivity contribution in [2.24, 2.45) is 17.8 Å². The molecule has 4 rings (SSSR count). The SMILES string of the molecule is O=C(C1CC1)N1C[C@H]2CCN(c3cccnc3)C[C@H]2C1. The highest BCUT2D eigenvalue weighted by atomic mass is 16.2. The van der Waals surface area contributed by atoms with Crippen molar-refractivity contribution >= 4 is 11.6 Å². The Balaban J connectivity index is 1.43. The fourth-order valence-corrected chi connectivity index (χ4v) is 3.71. The van der Waals surface area contributed by atoms with Crippen LogP contribution in [0.1, 0.15) is 19.3 Å². The molecule has 0 bridgehead atoms. The van der Waals surface area contributed by atoms with Crippen LogP contribution in [-0.2, 0) is 4.79 Å². The molecule has 1 aromatic heterocycles. The van der Waals surface area contributed by atoms with Crippen LogP contribution in [0.5, 0.6) is 0 Å². The smallest absolute Gasteiger partial charge is 0.225 e. The first-order chi connectivity index (χ1) is 9.81. The van der Waals surface area contributed by atoms with E-state index in [1.165, 1.54) is 12.1 Å². The summed E-state index contributed by atoms with van der Waals surface area (Å²) in [5, 5.41) is 0. The van der Waals surface area contributed by atoms with E-state index < -0.39 is 0 Å². The molecule has 1 aliphatic carbocycles. The van der Waals surface area contributed by atoms with Gasteiger partial charge in [0.15, 0.2) is 0 Å². The van der Waals surface area contributed by atoms with Crippen LogP contribution in [0.15, 0.2) is 24.5 Å². The number of amides is 1. The molecule has 20 heavy (non-hydrogen) atoms. The van der Waals surface area contributed by atoms with Crippen LogP contribution in [0, 0.1) is 17.8 Å². The number of anilines is 1. The average molecular weight is 271 g/mol. The summed E-state index contributed by atoms with van der Waals surface area (Å²) in [6.07, 6.45) is 7.21. The van der Waals surface area contributed by atoms with Gasteiger partial charge in [-0.15, -0.1) is 0 Å². The van der Waals surface area contributed by atoms with Gasteiger partial charge in [0, 0.05) is 38.3 Å². The van der Waals surface area contributed by atoms with E-state index in [9.17, 15) is 4.79 Å². The van der Waals surface area contributed by atoms with Crippen LogP contribution in [0.2, 0.25) is 0 Å². The summed E-state index contributed by atoms with van der Waals surface area (Å²) in [4.78, 5) is 21.0. The van der Waals surface area contributed by atoms with Gasteiger partial charge >= 0.3 is 0 Å². The number of carbonyl (C=O) groups is 1. The van der Waals surface area contributed by atoms with E-state index in [0.29, 0.717) is 23.7 Å². The predicted molar refractivity (Wildman–Crippen MR) is 77.4 cm³/mol. The molecule has 0 radical (unpaired) electrons. The number of aromatic nitrogens is 1. The molecule has 4 nitrogen and oxygen atoms in total. The van der Waals surface area contributed by atoms with Gasteiger partial charge in [0.2, 0.25) is 5.91 Å². The van der Waals surface area contributed by atoms with Gasteiger partial charge in [0.25, 0.3) is 0 Å². The van der Waals surface area contributed by atoms with Crippen LogP contribution in [-0.4, -0.2) is 42.0 Å². The van der Waals surface area contributed by atoms with E-state index >= 15 is 0 Å². The monoisotopic (exact) mass is 271 g/mol. The van der Waals surface area contributed by atoms with Gasteiger partial charge in [-0.05, 0) is 43.2 Å². The number of nitrogens with zero attached hydrogens (tertiary/aromatic N) is 3. The first kappa shape index (κ1) is 12.2. The van der Waals surface area contributed by atoms with Crippen molar-refractivity contribution in [1.29, 1.82) is 0 Å². The fraction of sp³-hybridized carbons (Fsp3) is 0.625. The van der Waals surface area contributed by atoms with Gasteiger partial charge in [0.1, 0.15) is 0 Å². The minimum Gasteiger partial charge on any atom is -0.370 e. The first-order valence-corrected chi connectivity index (χ1v) is 7.75. The Kier molecular flexibility index (Phi) is 2.90. The maximum Gasteiger partial charge on any atom is 0.225 e. The van der Waals surface area contributed by atoms with Crippen molar-refractivity contribution in [3.05, 3.63) is 24.5 Å². The summed E-state index contributed by atoms with van der Waals surface area (Å²) >= 11 is 0. The molecule has 0 aromatic carbocycles. The van der Waals surface area contributed by atoms with Crippen LogP contribution in [0.3, 0.4) is 0 Å². The van der Waals surface area contributed by atoms with Crippen molar-refractivity contribution < 1.29 is 4.79 Å². The number of hydrogen-bond donors (Lipinski definition) is 0. The summed E-state index contributed by atoms with van der Waals surface area (Å²) in [7, 11) is 0. The number of likely N-dealkylation sites (tertiary alicyclic amines) is 1. The highest BCUT2D eigenvalue weighted by Gasteiger charge is 2.42. The zero-order valence-electron chi connectivity index (χ0n) is 11.7. The molecule has 2 saturated heterocycles. The van der Waals surface area contributed by atoms with Crippen molar-refractivity contribution in [3.63, 3.8) is 0 Å². The van der Waals surface area contributed by atoms with Crippen molar-refractivity contribution in [2.45, 2.75) is 19.3 Å². The minimum absolute atomic E-state index is 0.365. The van der Waals surface area contributed by atoms with E-state index in [2.05, 4.69) is 20.9 Å². The Morgan fingerprint density at radius 3 is 2.75 bits per heavy atom. The lowest BCUT2D eigenvalue weighted by atomic mass is 9.88. The van der Waals surface area contributed by atoms with E-state index in [1.54, 1.807) is 0 Å². The van der Waals surface area contributed by atoms with E-state index in [-0.39, 0.29) is 0 Å². The zero-order chi connectivity index (χ0) is 13.5. The Hall–Kier alpha value is -1.58. The molecular formula is C16H21N3O. The van der Waals surface area contributed by atoms with Gasteiger partial charge in [0.05, 0.1) is 11.9 Å². The Morgan fingerprint density at radius 2 is 2.00 bits per heavy atom. The zero-order valence-corrected chi connectivity index (χ0v) is 11.7. The van der Waals surface area contributed by atoms with Crippen LogP contribution < -0.4 is 4.90 Å². The van der Waals surface area contributed by atoms with E-state index in [1.807, 2.05) is 18.5 Å². The van der Waals surface area contributed by atoms with Crippen LogP contribution in [0.25, 0.3) is 0 Å². The highest BCUT2D eigenvalue weighted by Crippen LogP contribution is 2.37. The summed E-state index contributed by atoms with van der Waals surface area (Å²) < 4.78 is 0. The number of hydrogen-bond acceptors (Lipinski definition) is 3. The molecule has 1 saturated carbocycles. The molecule has 1 amide bonds. The normalized spacial score (nSPS) is 29.4. The number of piperidine rings is 1. The fourth-order valence-electron chi connectivity index (χ4n) is 3.71. The quantitative estimate of drug-likeness (QED) is 0.822. The molecule has 0 spiro atoms. The third kappa shape index (κ3) is 2.17. The molecule has 2 aliphatic heterocycles.